The summed E-state index contributed by atoms with van der Waals surface area (Å²) in [5.74, 6) is 0.146. The van der Waals surface area contributed by atoms with Crippen molar-refractivity contribution in [3.05, 3.63) is 33.9 Å². The highest BCUT2D eigenvalue weighted by Crippen LogP contribution is 2.47. The van der Waals surface area contributed by atoms with Gasteiger partial charge in [-0.05, 0) is 50.6 Å². The zero-order valence-corrected chi connectivity index (χ0v) is 14.4. The summed E-state index contributed by atoms with van der Waals surface area (Å²) >= 11 is 5.45. The van der Waals surface area contributed by atoms with Gasteiger partial charge in [-0.1, -0.05) is 13.0 Å². The Kier molecular flexibility index (Phi) is 6.74. The average molecular weight is 332 g/mol. The normalized spacial score (nSPS) is 15.2. The maximum absolute atomic E-state index is 11.1. The van der Waals surface area contributed by atoms with E-state index in [1.807, 2.05) is 27.7 Å². The molecule has 0 bridgehead atoms. The quantitative estimate of drug-likeness (QED) is 0.442. The lowest BCUT2D eigenvalue weighted by Crippen LogP contribution is -2.25. The second-order valence-corrected chi connectivity index (χ2v) is 7.81. The van der Waals surface area contributed by atoms with Crippen LogP contribution in [0.15, 0.2) is 18.2 Å². The monoisotopic (exact) mass is 332 g/mol. The Balaban J connectivity index is 3.11. The third-order valence-electron chi connectivity index (χ3n) is 2.82. The lowest BCUT2D eigenvalue weighted by molar-refractivity contribution is -0.385. The summed E-state index contributed by atoms with van der Waals surface area (Å²) in [6.45, 7) is 5.18. The van der Waals surface area contributed by atoms with Gasteiger partial charge in [-0.3, -0.25) is 10.1 Å². The Labute approximate surface area is 130 Å². The first kappa shape index (κ1) is 18.0. The number of nitrogens with one attached hydrogen (secondary N) is 1. The molecule has 0 fully saturated rings. The molecule has 0 aliphatic heterocycles. The van der Waals surface area contributed by atoms with Crippen LogP contribution in [0.25, 0.3) is 0 Å². The number of hydrogen-bond acceptors (Lipinski definition) is 5. The topological polar surface area (TPSA) is 73.6 Å². The summed E-state index contributed by atoms with van der Waals surface area (Å²) in [5, 5.41) is 14.2. The summed E-state index contributed by atoms with van der Waals surface area (Å²) in [6, 6.07) is 4.79. The first-order chi connectivity index (χ1) is 9.81. The van der Waals surface area contributed by atoms with Crippen molar-refractivity contribution in [1.29, 1.82) is 0 Å². The van der Waals surface area contributed by atoms with Crippen LogP contribution in [0.4, 0.5) is 5.69 Å². The van der Waals surface area contributed by atoms with E-state index < -0.39 is 11.6 Å². The summed E-state index contributed by atoms with van der Waals surface area (Å²) < 4.78 is 11.3. The van der Waals surface area contributed by atoms with E-state index in [0.29, 0.717) is 6.61 Å². The minimum atomic E-state index is -2.82. The number of nitro groups is 1. The van der Waals surface area contributed by atoms with Crippen molar-refractivity contribution in [2.45, 2.75) is 40.2 Å². The van der Waals surface area contributed by atoms with Gasteiger partial charge in [0.15, 0.2) is 0 Å². The molecule has 0 unspecified atom stereocenters. The molecule has 6 nitrogen and oxygen atoms in total. The molecule has 1 aromatic carbocycles. The van der Waals surface area contributed by atoms with Gasteiger partial charge in [-0.2, -0.15) is 0 Å². The van der Waals surface area contributed by atoms with Crippen LogP contribution >= 0.6 is 6.64 Å². The van der Waals surface area contributed by atoms with Gasteiger partial charge in [-0.25, -0.2) is 5.09 Å². The van der Waals surface area contributed by atoms with Crippen LogP contribution in [0.3, 0.4) is 0 Å². The molecule has 0 aliphatic carbocycles. The lowest BCUT2D eigenvalue weighted by atomic mass is 10.2. The predicted octanol–water partition coefficient (Wildman–Crippen LogP) is 3.93. The molecular formula is C13H21N2O4PS. The maximum atomic E-state index is 11.1. The zero-order valence-electron chi connectivity index (χ0n) is 12.7. The molecule has 0 radical (unpaired) electrons. The van der Waals surface area contributed by atoms with E-state index in [4.69, 9.17) is 20.9 Å². The molecule has 0 aromatic heterocycles. The third kappa shape index (κ3) is 5.36. The Hall–Kier alpha value is -1.01. The Morgan fingerprint density at radius 2 is 2.14 bits per heavy atom. The lowest BCUT2D eigenvalue weighted by Gasteiger charge is -2.26. The molecule has 0 spiro atoms. The largest absolute Gasteiger partial charge is 0.425 e. The van der Waals surface area contributed by atoms with Crippen LogP contribution in [0.1, 0.15) is 32.8 Å². The molecule has 0 aliphatic rings. The molecule has 8 heteroatoms. The van der Waals surface area contributed by atoms with E-state index in [9.17, 15) is 10.1 Å². The van der Waals surface area contributed by atoms with Crippen LogP contribution in [0, 0.1) is 17.0 Å². The van der Waals surface area contributed by atoms with E-state index in [2.05, 4.69) is 5.09 Å². The molecule has 0 amide bonds. The minimum Gasteiger partial charge on any atom is -0.425 e. The van der Waals surface area contributed by atoms with Gasteiger partial charge in [0.2, 0.25) is 5.75 Å². The van der Waals surface area contributed by atoms with Crippen LogP contribution in [-0.2, 0) is 16.3 Å². The summed E-state index contributed by atoms with van der Waals surface area (Å²) in [6.07, 6.45) is 0.852. The maximum Gasteiger partial charge on any atom is 0.313 e. The Morgan fingerprint density at radius 1 is 1.48 bits per heavy atom. The van der Waals surface area contributed by atoms with Crippen molar-refractivity contribution < 1.29 is 14.0 Å². The van der Waals surface area contributed by atoms with Gasteiger partial charge in [0.1, 0.15) is 0 Å². The van der Waals surface area contributed by atoms with Crippen LogP contribution in [-0.4, -0.2) is 17.6 Å². The highest BCUT2D eigenvalue weighted by atomic mass is 32.5. The summed E-state index contributed by atoms with van der Waals surface area (Å²) in [5.41, 5.74) is 0.748. The molecule has 2 atom stereocenters. The fraction of sp³-hybridized carbons (Fsp3) is 0.538. The summed E-state index contributed by atoms with van der Waals surface area (Å²) in [4.78, 5) is 10.6. The highest BCUT2D eigenvalue weighted by Gasteiger charge is 2.26. The number of hydrogen-bond donors (Lipinski definition) is 1. The van der Waals surface area contributed by atoms with E-state index in [-0.39, 0.29) is 17.5 Å². The molecule has 1 rings (SSSR count). The number of rotatable bonds is 8. The SMILES string of the molecule is CCO[P@](=S)(N[C@@H](C)CC)Oc1cc(C)ccc1[N+](=O)[O-]. The van der Waals surface area contributed by atoms with Gasteiger partial charge < -0.3 is 9.05 Å². The van der Waals surface area contributed by atoms with Crippen LogP contribution < -0.4 is 9.61 Å². The number of nitrogens with zero attached hydrogens (tertiary/aromatic N) is 1. The van der Waals surface area contributed by atoms with Crippen LogP contribution in [0.5, 0.6) is 5.75 Å². The van der Waals surface area contributed by atoms with Gasteiger partial charge in [0.05, 0.1) is 11.5 Å². The van der Waals surface area contributed by atoms with Crippen molar-refractivity contribution >= 4 is 24.1 Å². The first-order valence-corrected chi connectivity index (χ1v) is 9.42. The second-order valence-electron chi connectivity index (χ2n) is 4.67. The molecule has 1 N–H and O–H groups in total. The molecular weight excluding hydrogens is 311 g/mol. The van der Waals surface area contributed by atoms with Gasteiger partial charge in [0, 0.05) is 12.1 Å². The smallest absolute Gasteiger partial charge is 0.313 e. The first-order valence-electron chi connectivity index (χ1n) is 6.78. The number of benzene rings is 1. The molecule has 0 heterocycles. The summed E-state index contributed by atoms with van der Waals surface area (Å²) in [7, 11) is 0. The third-order valence-corrected chi connectivity index (χ3v) is 5.47. The molecule has 1 aromatic rings. The van der Waals surface area contributed by atoms with Gasteiger partial charge >= 0.3 is 12.3 Å². The average Bonchev–Trinajstić information content (AvgIpc) is 2.38. The fourth-order valence-corrected chi connectivity index (χ4v) is 4.34. The highest BCUT2D eigenvalue weighted by molar-refractivity contribution is 8.09. The van der Waals surface area contributed by atoms with Crippen molar-refractivity contribution in [1.82, 2.24) is 5.09 Å². The van der Waals surface area contributed by atoms with Crippen molar-refractivity contribution in [2.24, 2.45) is 0 Å². The predicted molar refractivity (Wildman–Crippen MR) is 87.3 cm³/mol. The molecule has 118 valence electrons. The zero-order chi connectivity index (χ0) is 16.0. The Morgan fingerprint density at radius 3 is 2.67 bits per heavy atom. The van der Waals surface area contributed by atoms with E-state index in [1.165, 1.54) is 6.07 Å². The fourth-order valence-electron chi connectivity index (χ4n) is 1.60. The van der Waals surface area contributed by atoms with Gasteiger partial charge in [0.25, 0.3) is 0 Å². The van der Waals surface area contributed by atoms with E-state index >= 15 is 0 Å². The molecule has 21 heavy (non-hydrogen) atoms. The Bertz CT molecular complexity index is 553. The van der Waals surface area contributed by atoms with Crippen molar-refractivity contribution in [3.63, 3.8) is 0 Å². The number of nitro benzene ring substituents is 1. The number of aryl methyl sites for hydroxylation is 1. The minimum absolute atomic E-state index is 0.103. The second kappa shape index (κ2) is 7.84. The van der Waals surface area contributed by atoms with Crippen molar-refractivity contribution in [2.75, 3.05) is 6.61 Å². The van der Waals surface area contributed by atoms with E-state index in [0.717, 1.165) is 12.0 Å². The standard InChI is InChI=1S/C13H21N2O4PS/c1-5-11(4)14-20(21,18-6-2)19-13-9-10(3)7-8-12(13)15(16)17/h7-9,11H,5-6H2,1-4H3,(H,14,21)/t11-,20+/m0/s1. The van der Waals surface area contributed by atoms with Crippen LogP contribution in [0.2, 0.25) is 0 Å². The molecule has 0 saturated heterocycles. The van der Waals surface area contributed by atoms with E-state index in [1.54, 1.807) is 12.1 Å². The molecule has 0 saturated carbocycles. The van der Waals surface area contributed by atoms with Gasteiger partial charge in [-0.15, -0.1) is 0 Å². The van der Waals surface area contributed by atoms with Crippen molar-refractivity contribution in [3.8, 4) is 5.75 Å².